The van der Waals surface area contributed by atoms with Gasteiger partial charge < -0.3 is 10.6 Å². The van der Waals surface area contributed by atoms with E-state index in [-0.39, 0.29) is 0 Å². The molecule has 0 radical (unpaired) electrons. The molecule has 0 saturated heterocycles. The first kappa shape index (κ1) is 22.9. The van der Waals surface area contributed by atoms with Gasteiger partial charge in [-0.1, -0.05) is 90.9 Å². The van der Waals surface area contributed by atoms with E-state index in [0.29, 0.717) is 0 Å². The Hall–Kier alpha value is -0.0800. The van der Waals surface area contributed by atoms with Gasteiger partial charge >= 0.3 is 0 Å². The summed E-state index contributed by atoms with van der Waals surface area (Å²) in [6.45, 7) is 9.30. The van der Waals surface area contributed by atoms with Crippen molar-refractivity contribution < 1.29 is 0 Å². The molecule has 0 amide bonds. The minimum atomic E-state index is 1.17. The van der Waals surface area contributed by atoms with Crippen LogP contribution in [0.2, 0.25) is 0 Å². The van der Waals surface area contributed by atoms with Crippen molar-refractivity contribution in [3.8, 4) is 0 Å². The monoisotopic (exact) mass is 326 g/mol. The SMILES string of the molecule is CCCCCCCCCCCCCCNCCCNCCCC. The van der Waals surface area contributed by atoms with Crippen molar-refractivity contribution in [2.75, 3.05) is 26.2 Å². The molecule has 23 heavy (non-hydrogen) atoms. The molecule has 2 heteroatoms. The summed E-state index contributed by atoms with van der Waals surface area (Å²) in [6, 6.07) is 0. The Morgan fingerprint density at radius 1 is 0.348 bits per heavy atom. The van der Waals surface area contributed by atoms with Gasteiger partial charge in [0, 0.05) is 0 Å². The van der Waals surface area contributed by atoms with E-state index < -0.39 is 0 Å². The Bertz CT molecular complexity index is 174. The van der Waals surface area contributed by atoms with E-state index in [4.69, 9.17) is 0 Å². The molecule has 0 heterocycles. The van der Waals surface area contributed by atoms with E-state index in [9.17, 15) is 0 Å². The van der Waals surface area contributed by atoms with Crippen molar-refractivity contribution in [1.29, 1.82) is 0 Å². The van der Waals surface area contributed by atoms with E-state index in [0.717, 1.165) is 0 Å². The number of nitrogens with one attached hydrogen (secondary N) is 2. The van der Waals surface area contributed by atoms with E-state index in [1.807, 2.05) is 0 Å². The van der Waals surface area contributed by atoms with Crippen LogP contribution in [0.25, 0.3) is 0 Å². The average Bonchev–Trinajstić information content (AvgIpc) is 2.57. The Morgan fingerprint density at radius 3 is 1.17 bits per heavy atom. The molecule has 0 bridgehead atoms. The normalized spacial score (nSPS) is 11.2. The second-order valence-electron chi connectivity index (χ2n) is 7.10. The molecule has 2 N–H and O–H groups in total. The lowest BCUT2D eigenvalue weighted by molar-refractivity contribution is 0.529. The summed E-state index contributed by atoms with van der Waals surface area (Å²) in [5.41, 5.74) is 0. The Labute approximate surface area is 147 Å². The lowest BCUT2D eigenvalue weighted by atomic mass is 10.1. The summed E-state index contributed by atoms with van der Waals surface area (Å²) in [5, 5.41) is 7.07. The smallest absolute Gasteiger partial charge is 0.00368 e. The average molecular weight is 327 g/mol. The second-order valence-corrected chi connectivity index (χ2v) is 7.10. The molecular weight excluding hydrogens is 280 g/mol. The van der Waals surface area contributed by atoms with Crippen LogP contribution in [0.4, 0.5) is 0 Å². The zero-order valence-electron chi connectivity index (χ0n) is 16.4. The number of hydrogen-bond donors (Lipinski definition) is 2. The van der Waals surface area contributed by atoms with Crippen LogP contribution < -0.4 is 10.6 Å². The molecular formula is C21H46N2. The molecule has 0 unspecified atom stereocenters. The highest BCUT2D eigenvalue weighted by molar-refractivity contribution is 4.53. The maximum absolute atomic E-state index is 3.57. The Balaban J connectivity index is 2.92. The first-order chi connectivity index (χ1) is 11.4. The van der Waals surface area contributed by atoms with Gasteiger partial charge in [0.15, 0.2) is 0 Å². The van der Waals surface area contributed by atoms with E-state index in [1.165, 1.54) is 122 Å². The van der Waals surface area contributed by atoms with Gasteiger partial charge in [-0.2, -0.15) is 0 Å². The van der Waals surface area contributed by atoms with Gasteiger partial charge in [-0.15, -0.1) is 0 Å². The molecule has 140 valence electrons. The van der Waals surface area contributed by atoms with Gasteiger partial charge in [0.1, 0.15) is 0 Å². The lowest BCUT2D eigenvalue weighted by Gasteiger charge is -2.06. The first-order valence-electron chi connectivity index (χ1n) is 10.8. The van der Waals surface area contributed by atoms with Crippen molar-refractivity contribution in [1.82, 2.24) is 10.6 Å². The molecule has 0 spiro atoms. The van der Waals surface area contributed by atoms with Crippen LogP contribution in [-0.2, 0) is 0 Å². The van der Waals surface area contributed by atoms with Crippen LogP contribution in [0.15, 0.2) is 0 Å². The minimum absolute atomic E-state index is 1.17. The lowest BCUT2D eigenvalue weighted by Crippen LogP contribution is -2.23. The highest BCUT2D eigenvalue weighted by Gasteiger charge is 1.94. The molecule has 2 nitrogen and oxygen atoms in total. The third kappa shape index (κ3) is 21.9. The zero-order valence-corrected chi connectivity index (χ0v) is 16.4. The van der Waals surface area contributed by atoms with Gasteiger partial charge in [-0.25, -0.2) is 0 Å². The van der Waals surface area contributed by atoms with Gasteiger partial charge in [-0.3, -0.25) is 0 Å². The predicted molar refractivity (Wildman–Crippen MR) is 106 cm³/mol. The highest BCUT2D eigenvalue weighted by Crippen LogP contribution is 2.11. The fraction of sp³-hybridized carbons (Fsp3) is 1.00. The second kappa shape index (κ2) is 21.9. The van der Waals surface area contributed by atoms with E-state index >= 15 is 0 Å². The molecule has 0 aromatic rings. The topological polar surface area (TPSA) is 24.1 Å². The molecule has 0 aliphatic rings. The molecule has 0 saturated carbocycles. The van der Waals surface area contributed by atoms with Crippen molar-refractivity contribution in [3.05, 3.63) is 0 Å². The van der Waals surface area contributed by atoms with Crippen molar-refractivity contribution in [3.63, 3.8) is 0 Å². The largest absolute Gasteiger partial charge is 0.317 e. The van der Waals surface area contributed by atoms with Crippen LogP contribution in [0.3, 0.4) is 0 Å². The van der Waals surface area contributed by atoms with Crippen molar-refractivity contribution in [2.24, 2.45) is 0 Å². The summed E-state index contributed by atoms with van der Waals surface area (Å²) in [7, 11) is 0. The van der Waals surface area contributed by atoms with Crippen LogP contribution in [0.5, 0.6) is 0 Å². The van der Waals surface area contributed by atoms with Crippen molar-refractivity contribution in [2.45, 2.75) is 110 Å². The Kier molecular flexibility index (Phi) is 21.8. The molecule has 0 aliphatic carbocycles. The fourth-order valence-electron chi connectivity index (χ4n) is 2.98. The van der Waals surface area contributed by atoms with Gasteiger partial charge in [0.25, 0.3) is 0 Å². The molecule has 0 atom stereocenters. The summed E-state index contributed by atoms with van der Waals surface area (Å²) in [6.07, 6.45) is 21.1. The third-order valence-electron chi connectivity index (χ3n) is 4.62. The van der Waals surface area contributed by atoms with Crippen LogP contribution in [-0.4, -0.2) is 26.2 Å². The number of rotatable bonds is 20. The van der Waals surface area contributed by atoms with E-state index in [1.54, 1.807) is 0 Å². The molecule has 0 aromatic heterocycles. The van der Waals surface area contributed by atoms with Gasteiger partial charge in [-0.05, 0) is 45.4 Å². The van der Waals surface area contributed by atoms with Crippen LogP contribution in [0.1, 0.15) is 110 Å². The predicted octanol–water partition coefficient (Wildman–Crippen LogP) is 6.06. The first-order valence-corrected chi connectivity index (χ1v) is 10.8. The zero-order chi connectivity index (χ0) is 16.8. The van der Waals surface area contributed by atoms with Crippen LogP contribution >= 0.6 is 0 Å². The standard InChI is InChI=1S/C21H46N2/c1-3-5-7-8-9-10-11-12-13-14-15-16-19-23-21-17-20-22-18-6-4-2/h22-23H,3-21H2,1-2H3. The van der Waals surface area contributed by atoms with Crippen molar-refractivity contribution >= 4 is 0 Å². The highest BCUT2D eigenvalue weighted by atomic mass is 14.9. The van der Waals surface area contributed by atoms with Crippen LogP contribution in [0, 0.1) is 0 Å². The van der Waals surface area contributed by atoms with Gasteiger partial charge in [0.05, 0.1) is 0 Å². The molecule has 0 rings (SSSR count). The molecule has 0 fully saturated rings. The van der Waals surface area contributed by atoms with Gasteiger partial charge in [0.2, 0.25) is 0 Å². The summed E-state index contributed by atoms with van der Waals surface area (Å²) in [4.78, 5) is 0. The molecule has 0 aliphatic heterocycles. The summed E-state index contributed by atoms with van der Waals surface area (Å²) >= 11 is 0. The minimum Gasteiger partial charge on any atom is -0.317 e. The number of unbranched alkanes of at least 4 members (excludes halogenated alkanes) is 12. The fourth-order valence-corrected chi connectivity index (χ4v) is 2.98. The maximum Gasteiger partial charge on any atom is -0.00368 e. The number of hydrogen-bond acceptors (Lipinski definition) is 2. The third-order valence-corrected chi connectivity index (χ3v) is 4.62. The Morgan fingerprint density at radius 2 is 0.696 bits per heavy atom. The molecule has 0 aromatic carbocycles. The summed E-state index contributed by atoms with van der Waals surface area (Å²) < 4.78 is 0. The van der Waals surface area contributed by atoms with E-state index in [2.05, 4.69) is 24.5 Å². The summed E-state index contributed by atoms with van der Waals surface area (Å²) in [5.74, 6) is 0. The maximum atomic E-state index is 3.57. The quantitative estimate of drug-likeness (QED) is 0.266.